The molecule has 0 saturated heterocycles. The largest absolute Gasteiger partial charge is 0.512 e. The number of hydrogen-bond acceptors (Lipinski definition) is 4. The van der Waals surface area contributed by atoms with Gasteiger partial charge in [0.25, 0.3) is 0 Å². The van der Waals surface area contributed by atoms with Crippen LogP contribution in [-0.4, -0.2) is 29.7 Å². The number of Topliss-reactive ketones (excluding diaryl/α,β-unsaturated/α-hetero) is 1. The highest BCUT2D eigenvalue weighted by Crippen LogP contribution is 2.36. The van der Waals surface area contributed by atoms with Crippen molar-refractivity contribution in [2.45, 2.75) is 13.3 Å². The predicted molar refractivity (Wildman–Crippen MR) is 67.4 cm³/mol. The molecular weight excluding hydrogens is 232 g/mol. The minimum Gasteiger partial charge on any atom is -0.512 e. The van der Waals surface area contributed by atoms with Crippen LogP contribution in [0.3, 0.4) is 0 Å². The van der Waals surface area contributed by atoms with Crippen molar-refractivity contribution in [2.75, 3.05) is 13.7 Å². The van der Waals surface area contributed by atoms with Crippen molar-refractivity contribution in [3.05, 3.63) is 35.1 Å². The quantitative estimate of drug-likeness (QED) is 0.860. The maximum atomic E-state index is 12.2. The lowest BCUT2D eigenvalue weighted by atomic mass is 9.96. The molecule has 0 bridgehead atoms. The summed E-state index contributed by atoms with van der Waals surface area (Å²) in [6.45, 7) is 2.14. The highest BCUT2D eigenvalue weighted by molar-refractivity contribution is 6.24. The average Bonchev–Trinajstić information content (AvgIpc) is 2.59. The number of carbonyl (C=O) groups is 1. The Morgan fingerprint density at radius 3 is 2.78 bits per heavy atom. The number of ketones is 1. The number of allylic oxidation sites excluding steroid dienone is 2. The smallest absolute Gasteiger partial charge is 0.172 e. The lowest BCUT2D eigenvalue weighted by molar-refractivity contribution is -0.118. The number of methoxy groups -OCH3 is 1. The van der Waals surface area contributed by atoms with E-state index in [1.54, 1.807) is 12.1 Å². The van der Waals surface area contributed by atoms with E-state index in [9.17, 15) is 15.0 Å². The highest BCUT2D eigenvalue weighted by Gasteiger charge is 2.34. The molecule has 0 aromatic heterocycles. The van der Waals surface area contributed by atoms with Crippen LogP contribution < -0.4 is 0 Å². The number of phenolic OH excluding ortho intramolecular Hbond substituents is 1. The molecule has 0 radical (unpaired) electrons. The summed E-state index contributed by atoms with van der Waals surface area (Å²) in [5, 5.41) is 19.4. The molecule has 0 fully saturated rings. The van der Waals surface area contributed by atoms with Crippen LogP contribution >= 0.6 is 0 Å². The second-order valence-corrected chi connectivity index (χ2v) is 4.54. The fraction of sp³-hybridized carbons (Fsp3) is 0.357. The standard InChI is InChI=1S/C14H16O4/c1-8-3-4-10(15)6-11(8)13-12(16)5-9(7-18-2)14(13)17/h3-4,6,9,15-16H,5,7H2,1-2H3. The van der Waals surface area contributed by atoms with E-state index < -0.39 is 0 Å². The van der Waals surface area contributed by atoms with Gasteiger partial charge < -0.3 is 14.9 Å². The van der Waals surface area contributed by atoms with Gasteiger partial charge in [-0.3, -0.25) is 4.79 Å². The van der Waals surface area contributed by atoms with Gasteiger partial charge in [0.15, 0.2) is 5.78 Å². The maximum Gasteiger partial charge on any atom is 0.172 e. The zero-order valence-corrected chi connectivity index (χ0v) is 10.4. The van der Waals surface area contributed by atoms with Gasteiger partial charge in [-0.25, -0.2) is 0 Å². The summed E-state index contributed by atoms with van der Waals surface area (Å²) in [5.41, 5.74) is 1.75. The molecule has 0 amide bonds. The van der Waals surface area contributed by atoms with Crippen LogP contribution in [0.2, 0.25) is 0 Å². The summed E-state index contributed by atoms with van der Waals surface area (Å²) in [5.74, 6) is -0.288. The van der Waals surface area contributed by atoms with E-state index in [0.29, 0.717) is 24.2 Å². The molecule has 4 heteroatoms. The number of ether oxygens (including phenoxy) is 1. The van der Waals surface area contributed by atoms with Crippen molar-refractivity contribution in [2.24, 2.45) is 5.92 Å². The van der Waals surface area contributed by atoms with Crippen LogP contribution in [0.25, 0.3) is 5.57 Å². The van der Waals surface area contributed by atoms with Gasteiger partial charge in [0.1, 0.15) is 11.5 Å². The van der Waals surface area contributed by atoms with E-state index in [1.807, 2.05) is 6.92 Å². The number of aliphatic hydroxyl groups excluding tert-OH is 1. The Morgan fingerprint density at radius 2 is 2.11 bits per heavy atom. The summed E-state index contributed by atoms with van der Waals surface area (Å²) >= 11 is 0. The van der Waals surface area contributed by atoms with Crippen LogP contribution in [0.5, 0.6) is 5.75 Å². The number of aromatic hydroxyl groups is 1. The van der Waals surface area contributed by atoms with Gasteiger partial charge in [-0.15, -0.1) is 0 Å². The minimum atomic E-state index is -0.327. The van der Waals surface area contributed by atoms with E-state index in [2.05, 4.69) is 0 Å². The van der Waals surface area contributed by atoms with Crippen molar-refractivity contribution in [3.63, 3.8) is 0 Å². The maximum absolute atomic E-state index is 12.2. The summed E-state index contributed by atoms with van der Waals surface area (Å²) in [6, 6.07) is 4.79. The van der Waals surface area contributed by atoms with E-state index in [-0.39, 0.29) is 23.2 Å². The second kappa shape index (κ2) is 4.82. The van der Waals surface area contributed by atoms with Crippen molar-refractivity contribution in [3.8, 4) is 5.75 Å². The first-order valence-electron chi connectivity index (χ1n) is 5.80. The van der Waals surface area contributed by atoms with Crippen LogP contribution in [0, 0.1) is 12.8 Å². The van der Waals surface area contributed by atoms with E-state index in [1.165, 1.54) is 13.2 Å². The van der Waals surface area contributed by atoms with Gasteiger partial charge in [0.2, 0.25) is 0 Å². The summed E-state index contributed by atoms with van der Waals surface area (Å²) in [6.07, 6.45) is 0.303. The predicted octanol–water partition coefficient (Wildman–Crippen LogP) is 2.21. The normalized spacial score (nSPS) is 19.7. The molecule has 2 rings (SSSR count). The number of phenols is 1. The molecule has 18 heavy (non-hydrogen) atoms. The first kappa shape index (κ1) is 12.6. The monoisotopic (exact) mass is 248 g/mol. The Labute approximate surface area is 106 Å². The second-order valence-electron chi connectivity index (χ2n) is 4.54. The van der Waals surface area contributed by atoms with Gasteiger partial charge in [-0.05, 0) is 30.2 Å². The molecule has 1 aliphatic carbocycles. The number of carbonyl (C=O) groups excluding carboxylic acids is 1. The zero-order chi connectivity index (χ0) is 13.3. The van der Waals surface area contributed by atoms with Gasteiger partial charge in [-0.2, -0.15) is 0 Å². The molecule has 0 saturated carbocycles. The molecule has 0 heterocycles. The number of hydrogen-bond donors (Lipinski definition) is 2. The van der Waals surface area contributed by atoms with E-state index >= 15 is 0 Å². The summed E-state index contributed by atoms with van der Waals surface area (Å²) in [4.78, 5) is 12.2. The molecule has 2 N–H and O–H groups in total. The molecule has 1 aliphatic rings. The van der Waals surface area contributed by atoms with Crippen molar-refractivity contribution in [1.82, 2.24) is 0 Å². The molecule has 96 valence electrons. The first-order valence-corrected chi connectivity index (χ1v) is 5.80. The third-order valence-electron chi connectivity index (χ3n) is 3.20. The third kappa shape index (κ3) is 2.11. The molecule has 0 spiro atoms. The Balaban J connectivity index is 2.41. The van der Waals surface area contributed by atoms with Gasteiger partial charge >= 0.3 is 0 Å². The number of aryl methyl sites for hydroxylation is 1. The lowest BCUT2D eigenvalue weighted by Gasteiger charge is -2.09. The van der Waals surface area contributed by atoms with E-state index in [4.69, 9.17) is 4.74 Å². The first-order chi connectivity index (χ1) is 8.54. The third-order valence-corrected chi connectivity index (χ3v) is 3.20. The Hall–Kier alpha value is -1.81. The SMILES string of the molecule is COCC1CC(O)=C(c2cc(O)ccc2C)C1=O. The molecule has 1 aromatic rings. The fourth-order valence-corrected chi connectivity index (χ4v) is 2.28. The van der Waals surface area contributed by atoms with Crippen LogP contribution in [-0.2, 0) is 9.53 Å². The number of aliphatic hydroxyl groups is 1. The van der Waals surface area contributed by atoms with Crippen LogP contribution in [0.15, 0.2) is 24.0 Å². The highest BCUT2D eigenvalue weighted by atomic mass is 16.5. The van der Waals surface area contributed by atoms with Gasteiger partial charge in [0.05, 0.1) is 18.1 Å². The van der Waals surface area contributed by atoms with Gasteiger partial charge in [-0.1, -0.05) is 6.07 Å². The molecule has 1 aromatic carbocycles. The lowest BCUT2D eigenvalue weighted by Crippen LogP contribution is -2.15. The van der Waals surface area contributed by atoms with Crippen LogP contribution in [0.1, 0.15) is 17.5 Å². The summed E-state index contributed by atoms with van der Waals surface area (Å²) in [7, 11) is 1.53. The molecule has 1 unspecified atom stereocenters. The number of benzene rings is 1. The molecule has 0 aliphatic heterocycles. The topological polar surface area (TPSA) is 66.8 Å². The summed E-state index contributed by atoms with van der Waals surface area (Å²) < 4.78 is 4.97. The Morgan fingerprint density at radius 1 is 1.39 bits per heavy atom. The fourth-order valence-electron chi connectivity index (χ4n) is 2.28. The van der Waals surface area contributed by atoms with Crippen molar-refractivity contribution >= 4 is 11.4 Å². The van der Waals surface area contributed by atoms with E-state index in [0.717, 1.165) is 5.56 Å². The van der Waals surface area contributed by atoms with Crippen LogP contribution in [0.4, 0.5) is 0 Å². The van der Waals surface area contributed by atoms with Gasteiger partial charge in [0, 0.05) is 13.5 Å². The molecular formula is C14H16O4. The minimum absolute atomic E-state index is 0.0794. The molecule has 4 nitrogen and oxygen atoms in total. The number of rotatable bonds is 3. The Bertz CT molecular complexity index is 517. The average molecular weight is 248 g/mol. The zero-order valence-electron chi connectivity index (χ0n) is 10.4. The molecule has 1 atom stereocenters. The van der Waals surface area contributed by atoms with Crippen molar-refractivity contribution < 1.29 is 19.7 Å². The van der Waals surface area contributed by atoms with Crippen molar-refractivity contribution in [1.29, 1.82) is 0 Å². The Kier molecular flexibility index (Phi) is 3.39.